The Morgan fingerprint density at radius 3 is 2.88 bits per heavy atom. The highest BCUT2D eigenvalue weighted by atomic mass is 16.5. The van der Waals surface area contributed by atoms with Crippen LogP contribution in [0.25, 0.3) is 0 Å². The lowest BCUT2D eigenvalue weighted by atomic mass is 10.0. The van der Waals surface area contributed by atoms with Crippen LogP contribution in [0.1, 0.15) is 24.0 Å². The fourth-order valence-electron chi connectivity index (χ4n) is 3.15. The Bertz CT molecular complexity index is 666. The summed E-state index contributed by atoms with van der Waals surface area (Å²) < 4.78 is 7.30. The van der Waals surface area contributed by atoms with E-state index < -0.39 is 0 Å². The van der Waals surface area contributed by atoms with E-state index in [-0.39, 0.29) is 18.4 Å². The third-order valence-corrected chi connectivity index (χ3v) is 4.44. The standard InChI is InChI=1S/C19H25N3O3/c23-9-8-21(19(24)18-7-4-10-25-15-18)12-17-11-20-22(14-17)13-16-5-2-1-3-6-16/h1-3,5-6,11,14,18,23H,4,7-10,12-13,15H2. The summed E-state index contributed by atoms with van der Waals surface area (Å²) in [4.78, 5) is 14.4. The van der Waals surface area contributed by atoms with E-state index in [2.05, 4.69) is 17.2 Å². The van der Waals surface area contributed by atoms with Crippen LogP contribution in [0.2, 0.25) is 0 Å². The number of ether oxygens (including phenoxy) is 1. The SMILES string of the molecule is O=C(C1CCCOC1)N(CCO)Cc1cnn(Cc2ccccc2)c1. The average molecular weight is 343 g/mol. The topological polar surface area (TPSA) is 67.6 Å². The summed E-state index contributed by atoms with van der Waals surface area (Å²) in [6, 6.07) is 10.1. The van der Waals surface area contributed by atoms with Gasteiger partial charge < -0.3 is 14.7 Å². The molecule has 0 spiro atoms. The monoisotopic (exact) mass is 343 g/mol. The van der Waals surface area contributed by atoms with E-state index in [0.717, 1.165) is 25.0 Å². The van der Waals surface area contributed by atoms with Crippen LogP contribution in [0.4, 0.5) is 0 Å². The van der Waals surface area contributed by atoms with Gasteiger partial charge in [-0.1, -0.05) is 30.3 Å². The number of hydrogen-bond donors (Lipinski definition) is 1. The van der Waals surface area contributed by atoms with Gasteiger partial charge >= 0.3 is 0 Å². The van der Waals surface area contributed by atoms with Gasteiger partial charge in [-0.05, 0) is 18.4 Å². The van der Waals surface area contributed by atoms with Gasteiger partial charge in [0.25, 0.3) is 0 Å². The zero-order valence-electron chi connectivity index (χ0n) is 14.4. The van der Waals surface area contributed by atoms with E-state index in [4.69, 9.17) is 4.74 Å². The first-order chi connectivity index (χ1) is 12.3. The van der Waals surface area contributed by atoms with Crippen LogP contribution < -0.4 is 0 Å². The van der Waals surface area contributed by atoms with Crippen molar-refractivity contribution in [1.29, 1.82) is 0 Å². The molecule has 0 bridgehead atoms. The Balaban J connectivity index is 1.63. The molecule has 25 heavy (non-hydrogen) atoms. The number of rotatable bonds is 7. The summed E-state index contributed by atoms with van der Waals surface area (Å²) in [5.41, 5.74) is 2.15. The van der Waals surface area contributed by atoms with E-state index in [9.17, 15) is 9.90 Å². The Morgan fingerprint density at radius 2 is 2.16 bits per heavy atom. The second-order valence-electron chi connectivity index (χ2n) is 6.43. The molecule has 1 aliphatic heterocycles. The van der Waals surface area contributed by atoms with Crippen molar-refractivity contribution >= 4 is 5.91 Å². The van der Waals surface area contributed by atoms with Crippen molar-refractivity contribution < 1.29 is 14.6 Å². The first kappa shape index (κ1) is 17.6. The Labute approximate surface area is 148 Å². The molecule has 0 radical (unpaired) electrons. The summed E-state index contributed by atoms with van der Waals surface area (Å²) in [6.07, 6.45) is 5.52. The molecule has 134 valence electrons. The number of aliphatic hydroxyl groups is 1. The lowest BCUT2D eigenvalue weighted by Gasteiger charge is -2.28. The van der Waals surface area contributed by atoms with E-state index in [1.165, 1.54) is 5.56 Å². The van der Waals surface area contributed by atoms with Crippen molar-refractivity contribution in [2.45, 2.75) is 25.9 Å². The molecule has 2 aromatic rings. The maximum Gasteiger partial charge on any atom is 0.228 e. The highest BCUT2D eigenvalue weighted by molar-refractivity contribution is 5.79. The number of benzene rings is 1. The number of carbonyl (C=O) groups excluding carboxylic acids is 1. The predicted molar refractivity (Wildman–Crippen MR) is 93.8 cm³/mol. The largest absolute Gasteiger partial charge is 0.395 e. The van der Waals surface area contributed by atoms with Gasteiger partial charge in [-0.2, -0.15) is 5.10 Å². The summed E-state index contributed by atoms with van der Waals surface area (Å²) in [7, 11) is 0. The number of carbonyl (C=O) groups is 1. The van der Waals surface area contributed by atoms with E-state index in [0.29, 0.717) is 26.2 Å². The summed E-state index contributed by atoms with van der Waals surface area (Å²) in [5.74, 6) is -0.0378. The summed E-state index contributed by atoms with van der Waals surface area (Å²) in [6.45, 7) is 2.66. The lowest BCUT2D eigenvalue weighted by molar-refractivity contribution is -0.140. The van der Waals surface area contributed by atoms with Crippen LogP contribution in [0.3, 0.4) is 0 Å². The molecular formula is C19H25N3O3. The molecular weight excluding hydrogens is 318 g/mol. The van der Waals surface area contributed by atoms with Crippen LogP contribution in [-0.4, -0.2) is 52.1 Å². The van der Waals surface area contributed by atoms with Crippen molar-refractivity contribution in [3.63, 3.8) is 0 Å². The first-order valence-electron chi connectivity index (χ1n) is 8.79. The van der Waals surface area contributed by atoms with Gasteiger partial charge in [0.2, 0.25) is 5.91 Å². The maximum absolute atomic E-state index is 12.7. The van der Waals surface area contributed by atoms with Gasteiger partial charge in [0.05, 0.1) is 31.9 Å². The quantitative estimate of drug-likeness (QED) is 0.831. The molecule has 6 nitrogen and oxygen atoms in total. The molecule has 0 aliphatic carbocycles. The second kappa shape index (κ2) is 8.78. The molecule has 1 fully saturated rings. The van der Waals surface area contributed by atoms with Crippen molar-refractivity contribution in [2.75, 3.05) is 26.4 Å². The van der Waals surface area contributed by atoms with E-state index >= 15 is 0 Å². The summed E-state index contributed by atoms with van der Waals surface area (Å²) >= 11 is 0. The molecule has 1 saturated heterocycles. The predicted octanol–water partition coefficient (Wildman–Crippen LogP) is 1.68. The molecule has 3 rings (SSSR count). The molecule has 1 amide bonds. The molecule has 1 N–H and O–H groups in total. The number of aromatic nitrogens is 2. The highest BCUT2D eigenvalue weighted by Gasteiger charge is 2.26. The zero-order chi connectivity index (χ0) is 17.5. The normalized spacial score (nSPS) is 17.4. The highest BCUT2D eigenvalue weighted by Crippen LogP contribution is 2.18. The smallest absolute Gasteiger partial charge is 0.228 e. The fourth-order valence-corrected chi connectivity index (χ4v) is 3.15. The van der Waals surface area contributed by atoms with Gasteiger partial charge in [0, 0.05) is 31.5 Å². The number of amides is 1. The van der Waals surface area contributed by atoms with Gasteiger partial charge in [0.15, 0.2) is 0 Å². The second-order valence-corrected chi connectivity index (χ2v) is 6.43. The molecule has 1 atom stereocenters. The zero-order valence-corrected chi connectivity index (χ0v) is 14.4. The van der Waals surface area contributed by atoms with Gasteiger partial charge in [0.1, 0.15) is 0 Å². The van der Waals surface area contributed by atoms with Gasteiger partial charge in [-0.15, -0.1) is 0 Å². The number of aliphatic hydroxyl groups excluding tert-OH is 1. The van der Waals surface area contributed by atoms with Crippen molar-refractivity contribution in [3.8, 4) is 0 Å². The van der Waals surface area contributed by atoms with Crippen LogP contribution >= 0.6 is 0 Å². The molecule has 2 heterocycles. The van der Waals surface area contributed by atoms with Crippen molar-refractivity contribution in [1.82, 2.24) is 14.7 Å². The van der Waals surface area contributed by atoms with E-state index in [1.807, 2.05) is 29.1 Å². The summed E-state index contributed by atoms with van der Waals surface area (Å²) in [5, 5.41) is 13.7. The van der Waals surface area contributed by atoms with Crippen molar-refractivity contribution in [3.05, 3.63) is 53.9 Å². The molecule has 1 aliphatic rings. The Kier molecular flexibility index (Phi) is 6.19. The van der Waals surface area contributed by atoms with Crippen LogP contribution in [0.5, 0.6) is 0 Å². The van der Waals surface area contributed by atoms with Crippen LogP contribution in [0, 0.1) is 5.92 Å². The maximum atomic E-state index is 12.7. The molecule has 6 heteroatoms. The van der Waals surface area contributed by atoms with E-state index in [1.54, 1.807) is 11.1 Å². The minimum absolute atomic E-state index is 0.0442. The van der Waals surface area contributed by atoms with Crippen LogP contribution in [-0.2, 0) is 22.6 Å². The fraction of sp³-hybridized carbons (Fsp3) is 0.474. The minimum atomic E-state index is -0.0975. The molecule has 1 unspecified atom stereocenters. The van der Waals surface area contributed by atoms with Crippen molar-refractivity contribution in [2.24, 2.45) is 5.92 Å². The third-order valence-electron chi connectivity index (χ3n) is 4.44. The molecule has 0 saturated carbocycles. The Hall–Kier alpha value is -2.18. The van der Waals surface area contributed by atoms with Gasteiger partial charge in [-0.3, -0.25) is 9.48 Å². The third kappa shape index (κ3) is 4.90. The number of hydrogen-bond acceptors (Lipinski definition) is 4. The molecule has 1 aromatic heterocycles. The first-order valence-corrected chi connectivity index (χ1v) is 8.79. The Morgan fingerprint density at radius 1 is 1.32 bits per heavy atom. The average Bonchev–Trinajstić information content (AvgIpc) is 3.09. The van der Waals surface area contributed by atoms with Gasteiger partial charge in [-0.25, -0.2) is 0 Å². The molecule has 1 aromatic carbocycles. The lowest BCUT2D eigenvalue weighted by Crippen LogP contribution is -2.40. The van der Waals surface area contributed by atoms with Crippen LogP contribution in [0.15, 0.2) is 42.7 Å². The number of nitrogens with zero attached hydrogens (tertiary/aromatic N) is 3. The minimum Gasteiger partial charge on any atom is -0.395 e.